The Kier molecular flexibility index (Phi) is 5.32. The van der Waals surface area contributed by atoms with E-state index < -0.39 is 17.6 Å². The van der Waals surface area contributed by atoms with Gasteiger partial charge in [0, 0.05) is 17.6 Å². The lowest BCUT2D eigenvalue weighted by Gasteiger charge is -2.26. The number of primary amides is 1. The summed E-state index contributed by atoms with van der Waals surface area (Å²) in [5.74, 6) is 0.736. The number of amides is 1. The fourth-order valence-corrected chi connectivity index (χ4v) is 4.01. The van der Waals surface area contributed by atoms with Gasteiger partial charge >= 0.3 is 6.18 Å². The highest BCUT2D eigenvalue weighted by molar-refractivity contribution is 7.99. The minimum atomic E-state index is -4.43. The highest BCUT2D eigenvalue weighted by Crippen LogP contribution is 2.34. The van der Waals surface area contributed by atoms with Gasteiger partial charge in [-0.05, 0) is 36.4 Å². The van der Waals surface area contributed by atoms with Gasteiger partial charge in [-0.25, -0.2) is 0 Å². The third-order valence-corrected chi connectivity index (χ3v) is 5.42. The maximum Gasteiger partial charge on any atom is 0.416 e. The van der Waals surface area contributed by atoms with Crippen LogP contribution in [0.4, 0.5) is 24.7 Å². The van der Waals surface area contributed by atoms with Crippen molar-refractivity contribution >= 4 is 29.2 Å². The Bertz CT molecular complexity index is 872. The van der Waals surface area contributed by atoms with Crippen LogP contribution in [0.5, 0.6) is 0 Å². The monoisotopic (exact) mass is 395 g/mol. The van der Waals surface area contributed by atoms with Crippen LogP contribution in [0.2, 0.25) is 0 Å². The number of benzene rings is 1. The molecule has 1 aromatic heterocycles. The third-order valence-electron chi connectivity index (χ3n) is 4.30. The molecule has 3 N–H and O–H groups in total. The first-order chi connectivity index (χ1) is 12.8. The number of hydrogen-bond acceptors (Lipinski definition) is 5. The fourth-order valence-electron chi connectivity index (χ4n) is 2.88. The van der Waals surface area contributed by atoms with Gasteiger partial charge in [0.1, 0.15) is 5.56 Å². The van der Waals surface area contributed by atoms with Gasteiger partial charge in [0.15, 0.2) is 5.82 Å². The maximum atomic E-state index is 12.7. The molecule has 0 bridgehead atoms. The number of anilines is 2. The number of rotatable bonds is 4. The van der Waals surface area contributed by atoms with Crippen LogP contribution in [0, 0.1) is 17.2 Å². The van der Waals surface area contributed by atoms with E-state index in [-0.39, 0.29) is 23.3 Å². The number of carbonyl (C=O) groups is 1. The summed E-state index contributed by atoms with van der Waals surface area (Å²) in [5, 5.41) is 16.5. The van der Waals surface area contributed by atoms with Crippen LogP contribution in [-0.4, -0.2) is 27.2 Å². The molecule has 1 aliphatic rings. The maximum absolute atomic E-state index is 12.7. The number of thioether (sulfide) groups is 1. The van der Waals surface area contributed by atoms with E-state index in [2.05, 4.69) is 16.5 Å². The predicted octanol–water partition coefficient (Wildman–Crippen LogP) is 3.56. The van der Waals surface area contributed by atoms with Gasteiger partial charge < -0.3 is 11.1 Å². The molecular weight excluding hydrogens is 379 g/mol. The molecule has 1 amide bonds. The van der Waals surface area contributed by atoms with Crippen LogP contribution in [0.25, 0.3) is 0 Å². The number of hydrogen-bond donors (Lipinski definition) is 2. The summed E-state index contributed by atoms with van der Waals surface area (Å²) in [6, 6.07) is 6.45. The lowest BCUT2D eigenvalue weighted by Crippen LogP contribution is -2.25. The molecule has 142 valence electrons. The summed E-state index contributed by atoms with van der Waals surface area (Å²) in [5.41, 5.74) is 5.09. The van der Waals surface area contributed by atoms with E-state index in [1.165, 1.54) is 18.3 Å². The Morgan fingerprint density at radius 1 is 1.37 bits per heavy atom. The summed E-state index contributed by atoms with van der Waals surface area (Å²) < 4.78 is 39.6. The van der Waals surface area contributed by atoms with Crippen LogP contribution in [-0.2, 0) is 6.18 Å². The van der Waals surface area contributed by atoms with E-state index in [1.54, 1.807) is 16.4 Å². The summed E-state index contributed by atoms with van der Waals surface area (Å²) in [6.07, 6.45) is -2.22. The van der Waals surface area contributed by atoms with Gasteiger partial charge in [-0.2, -0.15) is 35.3 Å². The zero-order chi connectivity index (χ0) is 19.6. The lowest BCUT2D eigenvalue weighted by atomic mass is 10.0. The highest BCUT2D eigenvalue weighted by Gasteiger charge is 2.31. The molecule has 1 aromatic carbocycles. The Hall–Kier alpha value is -2.67. The van der Waals surface area contributed by atoms with Gasteiger partial charge in [-0.1, -0.05) is 0 Å². The first kappa shape index (κ1) is 19.1. The molecule has 1 unspecified atom stereocenters. The number of nitriles is 1. The van der Waals surface area contributed by atoms with Crippen molar-refractivity contribution in [1.29, 1.82) is 5.26 Å². The van der Waals surface area contributed by atoms with Gasteiger partial charge in [-0.15, -0.1) is 0 Å². The largest absolute Gasteiger partial charge is 0.416 e. The molecule has 3 rings (SSSR count). The molecule has 0 saturated carbocycles. The van der Waals surface area contributed by atoms with Crippen LogP contribution in [0.15, 0.2) is 30.5 Å². The van der Waals surface area contributed by atoms with Crippen LogP contribution in [0.3, 0.4) is 0 Å². The predicted molar refractivity (Wildman–Crippen MR) is 95.6 cm³/mol. The molecule has 0 aliphatic carbocycles. The molecule has 0 spiro atoms. The quantitative estimate of drug-likeness (QED) is 0.825. The van der Waals surface area contributed by atoms with Crippen molar-refractivity contribution in [2.45, 2.75) is 18.6 Å². The summed E-state index contributed by atoms with van der Waals surface area (Å²) in [6.45, 7) is 0. The molecule has 10 heteroatoms. The van der Waals surface area contributed by atoms with Crippen molar-refractivity contribution in [3.63, 3.8) is 0 Å². The molecule has 27 heavy (non-hydrogen) atoms. The number of halogens is 3. The van der Waals surface area contributed by atoms with E-state index in [0.29, 0.717) is 11.4 Å². The Morgan fingerprint density at radius 3 is 2.67 bits per heavy atom. The summed E-state index contributed by atoms with van der Waals surface area (Å²) in [4.78, 5) is 11.8. The highest BCUT2D eigenvalue weighted by atomic mass is 32.2. The van der Waals surface area contributed by atoms with Crippen LogP contribution >= 0.6 is 11.8 Å². The second-order valence-corrected chi connectivity index (χ2v) is 7.25. The Morgan fingerprint density at radius 2 is 2.07 bits per heavy atom. The smallest absolute Gasteiger partial charge is 0.365 e. The van der Waals surface area contributed by atoms with E-state index >= 15 is 0 Å². The first-order valence-electron chi connectivity index (χ1n) is 8.10. The van der Waals surface area contributed by atoms with Crippen LogP contribution in [0.1, 0.15) is 28.4 Å². The molecule has 1 saturated heterocycles. The van der Waals surface area contributed by atoms with E-state index in [9.17, 15) is 23.2 Å². The zero-order valence-electron chi connectivity index (χ0n) is 14.0. The van der Waals surface area contributed by atoms with E-state index in [4.69, 9.17) is 5.73 Å². The molecule has 1 aliphatic heterocycles. The zero-order valence-corrected chi connectivity index (χ0v) is 14.8. The van der Waals surface area contributed by atoms with Crippen LogP contribution < -0.4 is 11.1 Å². The van der Waals surface area contributed by atoms with Crippen molar-refractivity contribution in [1.82, 2.24) is 9.78 Å². The van der Waals surface area contributed by atoms with Gasteiger partial charge in [0.2, 0.25) is 0 Å². The number of nitrogens with two attached hydrogens (primary N) is 1. The Labute approximate surface area is 157 Å². The Balaban J connectivity index is 1.88. The molecule has 2 atom stereocenters. The second-order valence-electron chi connectivity index (χ2n) is 6.10. The van der Waals surface area contributed by atoms with Crippen molar-refractivity contribution in [2.75, 3.05) is 16.8 Å². The molecule has 1 fully saturated rings. The SMILES string of the molecule is N#CC1CSCC[C@H]1n1cc(C(N)=O)c(Nc2ccc(C(F)(F)F)cc2)n1. The average molecular weight is 395 g/mol. The van der Waals surface area contributed by atoms with Gasteiger partial charge in [-0.3, -0.25) is 9.48 Å². The fraction of sp³-hybridized carbons (Fsp3) is 0.353. The molecular formula is C17H16F3N5OS. The van der Waals surface area contributed by atoms with E-state index in [0.717, 1.165) is 24.3 Å². The molecule has 0 radical (unpaired) electrons. The number of alkyl halides is 3. The third kappa shape index (κ3) is 4.19. The number of nitrogens with zero attached hydrogens (tertiary/aromatic N) is 3. The molecule has 6 nitrogen and oxygen atoms in total. The van der Waals surface area contributed by atoms with Crippen molar-refractivity contribution in [3.05, 3.63) is 41.6 Å². The first-order valence-corrected chi connectivity index (χ1v) is 9.25. The van der Waals surface area contributed by atoms with Crippen molar-refractivity contribution in [2.24, 2.45) is 11.7 Å². The lowest BCUT2D eigenvalue weighted by molar-refractivity contribution is -0.137. The topological polar surface area (TPSA) is 96.7 Å². The average Bonchev–Trinajstić information content (AvgIpc) is 3.05. The van der Waals surface area contributed by atoms with E-state index in [1.807, 2.05) is 0 Å². The van der Waals surface area contributed by atoms with Crippen molar-refractivity contribution in [3.8, 4) is 6.07 Å². The molecule has 2 aromatic rings. The van der Waals surface area contributed by atoms with Crippen molar-refractivity contribution < 1.29 is 18.0 Å². The summed E-state index contributed by atoms with van der Waals surface area (Å²) >= 11 is 1.69. The number of carbonyl (C=O) groups excluding carboxylic acids is 1. The molecule has 2 heterocycles. The van der Waals surface area contributed by atoms with Gasteiger partial charge in [0.05, 0.1) is 23.6 Å². The normalized spacial score (nSPS) is 20.1. The minimum absolute atomic E-state index is 0.116. The minimum Gasteiger partial charge on any atom is -0.365 e. The second kappa shape index (κ2) is 7.52. The summed E-state index contributed by atoms with van der Waals surface area (Å²) in [7, 11) is 0. The number of nitrogens with one attached hydrogen (secondary N) is 1. The standard InChI is InChI=1S/C17H16F3N5OS/c18-17(19,20)11-1-3-12(4-2-11)23-16-13(15(22)26)8-25(24-16)14-5-6-27-9-10(14)7-21/h1-4,8,10,14H,5-6,9H2,(H2,22,26)(H,23,24)/t10?,14-/m1/s1. The van der Waals surface area contributed by atoms with Gasteiger partial charge in [0.25, 0.3) is 5.91 Å². The number of aromatic nitrogens is 2.